The topological polar surface area (TPSA) is 78.9 Å². The van der Waals surface area contributed by atoms with Gasteiger partial charge in [0, 0.05) is 19.3 Å². The number of rotatable bonds is 61. The molecule has 0 heterocycles. The Morgan fingerprint density at radius 2 is 0.488 bits per heavy atom. The number of hydrogen-bond donors (Lipinski definition) is 0. The first-order valence-electron chi connectivity index (χ1n) is 34.2. The van der Waals surface area contributed by atoms with E-state index in [0.717, 1.165) is 116 Å². The van der Waals surface area contributed by atoms with Crippen LogP contribution in [-0.4, -0.2) is 37.2 Å². The van der Waals surface area contributed by atoms with Gasteiger partial charge in [-0.05, 0) is 109 Å². The Labute approximate surface area is 506 Å². The third-order valence-electron chi connectivity index (χ3n) is 14.4. The first kappa shape index (κ1) is 77.5. The molecule has 466 valence electrons. The second-order valence-electron chi connectivity index (χ2n) is 22.3. The third-order valence-corrected chi connectivity index (χ3v) is 14.4. The Kier molecular flexibility index (Phi) is 65.3. The molecule has 1 unspecified atom stereocenters. The Morgan fingerprint density at radius 3 is 0.780 bits per heavy atom. The monoisotopic (exact) mass is 1130 g/mol. The standard InChI is InChI=1S/C76H126O6/c1-4-7-10-13-16-19-22-25-28-31-33-35-37-38-40-41-43-45-48-51-54-57-60-63-66-69-75(78)81-72-73(71-80-74(77)68-65-62-59-56-53-50-47-30-27-24-21-18-15-12-9-6-3)82-76(79)70-67-64-61-58-55-52-49-46-44-42-39-36-34-32-29-26-23-20-17-14-11-8-5-2/h7-8,10-11,16-17,19-20,25-26,28-29,33-36,42,44,49,52,58,61,73H,4-6,9,12-15,18,21-24,27,30-32,37-41,43,45-48,50-51,53-57,59-60,62-72H2,1-3H3/b10-7-,11-8-,19-16-,20-17-,28-25-,29-26-,35-33-,36-34-,44-42-,52-49-,61-58-. The summed E-state index contributed by atoms with van der Waals surface area (Å²) < 4.78 is 16.9. The minimum atomic E-state index is -0.814. The normalized spacial score (nSPS) is 13.0. The van der Waals surface area contributed by atoms with Gasteiger partial charge in [-0.3, -0.25) is 14.4 Å². The molecule has 0 bridgehead atoms. The van der Waals surface area contributed by atoms with E-state index in [0.29, 0.717) is 19.3 Å². The van der Waals surface area contributed by atoms with Gasteiger partial charge >= 0.3 is 17.9 Å². The number of unbranched alkanes of at least 4 members (excludes halogenated alkanes) is 28. The molecule has 6 heteroatoms. The molecular weight excluding hydrogens is 1010 g/mol. The van der Waals surface area contributed by atoms with Crippen molar-refractivity contribution in [2.24, 2.45) is 0 Å². The maximum Gasteiger partial charge on any atom is 0.306 e. The number of ether oxygens (including phenoxy) is 3. The number of carbonyl (C=O) groups is 3. The highest BCUT2D eigenvalue weighted by Crippen LogP contribution is 2.17. The fourth-order valence-electron chi connectivity index (χ4n) is 9.37. The largest absolute Gasteiger partial charge is 0.462 e. The van der Waals surface area contributed by atoms with Crippen LogP contribution in [0.3, 0.4) is 0 Å². The molecule has 0 N–H and O–H groups in total. The summed E-state index contributed by atoms with van der Waals surface area (Å²) in [7, 11) is 0. The van der Waals surface area contributed by atoms with E-state index in [4.69, 9.17) is 14.2 Å². The minimum absolute atomic E-state index is 0.102. The lowest BCUT2D eigenvalue weighted by Gasteiger charge is -2.18. The van der Waals surface area contributed by atoms with Crippen molar-refractivity contribution < 1.29 is 28.6 Å². The number of allylic oxidation sites excluding steroid dienone is 22. The predicted molar refractivity (Wildman–Crippen MR) is 357 cm³/mol. The van der Waals surface area contributed by atoms with Crippen molar-refractivity contribution in [3.63, 3.8) is 0 Å². The fraction of sp³-hybridized carbons (Fsp3) is 0.671. The van der Waals surface area contributed by atoms with Gasteiger partial charge in [0.2, 0.25) is 0 Å². The molecule has 0 radical (unpaired) electrons. The molecule has 1 atom stereocenters. The summed E-state index contributed by atoms with van der Waals surface area (Å²) in [5.41, 5.74) is 0. The lowest BCUT2D eigenvalue weighted by Crippen LogP contribution is -2.30. The molecule has 0 aliphatic rings. The summed E-state index contributed by atoms with van der Waals surface area (Å²) in [6.07, 6.45) is 97.5. The average Bonchev–Trinajstić information content (AvgIpc) is 3.47. The van der Waals surface area contributed by atoms with E-state index in [1.165, 1.54) is 148 Å². The van der Waals surface area contributed by atoms with E-state index in [2.05, 4.69) is 154 Å². The van der Waals surface area contributed by atoms with Crippen molar-refractivity contribution >= 4 is 17.9 Å². The molecule has 0 amide bonds. The lowest BCUT2D eigenvalue weighted by atomic mass is 10.0. The molecular formula is C76H126O6. The van der Waals surface area contributed by atoms with Crippen LogP contribution in [0.2, 0.25) is 0 Å². The van der Waals surface area contributed by atoms with Gasteiger partial charge in [0.1, 0.15) is 13.2 Å². The number of esters is 3. The molecule has 0 saturated heterocycles. The second kappa shape index (κ2) is 69.0. The minimum Gasteiger partial charge on any atom is -0.462 e. The van der Waals surface area contributed by atoms with Crippen LogP contribution in [0.4, 0.5) is 0 Å². The van der Waals surface area contributed by atoms with Crippen molar-refractivity contribution in [1.29, 1.82) is 0 Å². The Balaban J connectivity index is 4.45. The first-order valence-corrected chi connectivity index (χ1v) is 34.2. The van der Waals surface area contributed by atoms with Gasteiger partial charge in [-0.2, -0.15) is 0 Å². The maximum absolute atomic E-state index is 12.9. The zero-order chi connectivity index (χ0) is 59.2. The van der Waals surface area contributed by atoms with E-state index < -0.39 is 6.10 Å². The third kappa shape index (κ3) is 66.4. The molecule has 0 aliphatic carbocycles. The molecule has 6 nitrogen and oxygen atoms in total. The van der Waals surface area contributed by atoms with Crippen molar-refractivity contribution in [2.75, 3.05) is 13.2 Å². The van der Waals surface area contributed by atoms with E-state index in [9.17, 15) is 14.4 Å². The molecule has 0 aromatic rings. The SMILES string of the molecule is CC/C=C\C/C=C\C/C=C\C/C=C\C/C=C\C/C=C\C/C=C\CCCC(=O)OC(COC(=O)CCCCCCCCCCCCCC/C=C\C/C=C\C/C=C\C/C=C\CC)COC(=O)CCCCCCCCCCCCCCCCCC. The lowest BCUT2D eigenvalue weighted by molar-refractivity contribution is -0.167. The summed E-state index contributed by atoms with van der Waals surface area (Å²) >= 11 is 0. The summed E-state index contributed by atoms with van der Waals surface area (Å²) in [6.45, 7) is 6.40. The van der Waals surface area contributed by atoms with E-state index in [1.807, 2.05) is 0 Å². The van der Waals surface area contributed by atoms with Crippen molar-refractivity contribution in [3.8, 4) is 0 Å². The van der Waals surface area contributed by atoms with Gasteiger partial charge in [0.25, 0.3) is 0 Å². The molecule has 0 rings (SSSR count). The van der Waals surface area contributed by atoms with Crippen molar-refractivity contribution in [1.82, 2.24) is 0 Å². The van der Waals surface area contributed by atoms with Crippen molar-refractivity contribution in [2.45, 2.75) is 316 Å². The molecule has 0 aromatic heterocycles. The molecule has 0 spiro atoms. The van der Waals surface area contributed by atoms with Gasteiger partial charge in [-0.15, -0.1) is 0 Å². The molecule has 82 heavy (non-hydrogen) atoms. The van der Waals surface area contributed by atoms with Crippen LogP contribution >= 0.6 is 0 Å². The number of carbonyl (C=O) groups excluding carboxylic acids is 3. The van der Waals surface area contributed by atoms with Crippen LogP contribution in [0.1, 0.15) is 310 Å². The fourth-order valence-corrected chi connectivity index (χ4v) is 9.37. The smallest absolute Gasteiger partial charge is 0.306 e. The van der Waals surface area contributed by atoms with E-state index in [1.54, 1.807) is 0 Å². The average molecular weight is 1140 g/mol. The molecule has 0 saturated carbocycles. The summed E-state index contributed by atoms with van der Waals surface area (Å²) in [4.78, 5) is 38.4. The molecule has 0 aromatic carbocycles. The zero-order valence-electron chi connectivity index (χ0n) is 53.5. The van der Waals surface area contributed by atoms with Gasteiger partial charge < -0.3 is 14.2 Å². The number of hydrogen-bond acceptors (Lipinski definition) is 6. The van der Waals surface area contributed by atoms with Crippen LogP contribution in [-0.2, 0) is 28.6 Å². The van der Waals surface area contributed by atoms with E-state index >= 15 is 0 Å². The van der Waals surface area contributed by atoms with Gasteiger partial charge in [0.15, 0.2) is 6.10 Å². The first-order chi connectivity index (χ1) is 40.5. The van der Waals surface area contributed by atoms with Gasteiger partial charge in [-0.1, -0.05) is 315 Å². The molecule has 0 fully saturated rings. The highest BCUT2D eigenvalue weighted by molar-refractivity contribution is 5.71. The highest BCUT2D eigenvalue weighted by atomic mass is 16.6. The Morgan fingerprint density at radius 1 is 0.256 bits per heavy atom. The van der Waals surface area contributed by atoms with E-state index in [-0.39, 0.29) is 37.5 Å². The van der Waals surface area contributed by atoms with Crippen LogP contribution in [0, 0.1) is 0 Å². The van der Waals surface area contributed by atoms with Gasteiger partial charge in [-0.25, -0.2) is 0 Å². The summed E-state index contributed by atoms with van der Waals surface area (Å²) in [6, 6.07) is 0. The van der Waals surface area contributed by atoms with Gasteiger partial charge in [0.05, 0.1) is 0 Å². The Bertz CT molecular complexity index is 1730. The van der Waals surface area contributed by atoms with Crippen LogP contribution < -0.4 is 0 Å². The summed E-state index contributed by atoms with van der Waals surface area (Å²) in [5, 5.41) is 0. The Hall–Kier alpha value is -4.45. The van der Waals surface area contributed by atoms with Crippen molar-refractivity contribution in [3.05, 3.63) is 134 Å². The highest BCUT2D eigenvalue weighted by Gasteiger charge is 2.19. The quantitative estimate of drug-likeness (QED) is 0.0261. The van der Waals surface area contributed by atoms with Crippen LogP contribution in [0.5, 0.6) is 0 Å². The maximum atomic E-state index is 12.9. The van der Waals surface area contributed by atoms with Crippen LogP contribution in [0.15, 0.2) is 134 Å². The zero-order valence-corrected chi connectivity index (χ0v) is 53.5. The summed E-state index contributed by atoms with van der Waals surface area (Å²) in [5.74, 6) is -0.955. The van der Waals surface area contributed by atoms with Crippen LogP contribution in [0.25, 0.3) is 0 Å². The predicted octanol–water partition coefficient (Wildman–Crippen LogP) is 23.7. The molecule has 0 aliphatic heterocycles. The second-order valence-corrected chi connectivity index (χ2v) is 22.3.